The van der Waals surface area contributed by atoms with Crippen LogP contribution < -0.4 is 0 Å². The van der Waals surface area contributed by atoms with Crippen molar-refractivity contribution in [2.24, 2.45) is 0 Å². The van der Waals surface area contributed by atoms with E-state index in [4.69, 9.17) is 9.57 Å². The average molecular weight is 285 g/mol. The molecule has 1 aromatic carbocycles. The fourth-order valence-corrected chi connectivity index (χ4v) is 2.94. The molecule has 5 heteroatoms. The van der Waals surface area contributed by atoms with Crippen molar-refractivity contribution in [3.63, 3.8) is 0 Å². The predicted octanol–water partition coefficient (Wildman–Crippen LogP) is 1.65. The zero-order valence-corrected chi connectivity index (χ0v) is 11.8. The Balaban J connectivity index is 2.19. The van der Waals surface area contributed by atoms with Gasteiger partial charge in [-0.25, -0.2) is 0 Å². The SMILES string of the molecule is COC1=CC(=O)C=CC12Cc1ccccc1C(=O)N2OC. The van der Waals surface area contributed by atoms with Crippen molar-refractivity contribution in [2.45, 2.75) is 12.0 Å². The van der Waals surface area contributed by atoms with Gasteiger partial charge in [-0.05, 0) is 23.8 Å². The summed E-state index contributed by atoms with van der Waals surface area (Å²) in [6.07, 6.45) is 5.00. The van der Waals surface area contributed by atoms with E-state index in [2.05, 4.69) is 0 Å². The number of ether oxygens (including phenoxy) is 1. The van der Waals surface area contributed by atoms with Crippen LogP contribution in [0.5, 0.6) is 0 Å². The maximum Gasteiger partial charge on any atom is 0.278 e. The Kier molecular flexibility index (Phi) is 3.14. The van der Waals surface area contributed by atoms with Crippen molar-refractivity contribution in [2.75, 3.05) is 14.2 Å². The second-order valence-corrected chi connectivity index (χ2v) is 4.99. The van der Waals surface area contributed by atoms with Gasteiger partial charge in [-0.3, -0.25) is 14.4 Å². The van der Waals surface area contributed by atoms with Crippen LogP contribution in [0.1, 0.15) is 15.9 Å². The summed E-state index contributed by atoms with van der Waals surface area (Å²) >= 11 is 0. The Hall–Kier alpha value is -2.40. The molecule has 0 bridgehead atoms. The lowest BCUT2D eigenvalue weighted by molar-refractivity contribution is -0.151. The van der Waals surface area contributed by atoms with Gasteiger partial charge in [0.2, 0.25) is 0 Å². The van der Waals surface area contributed by atoms with Crippen molar-refractivity contribution in [1.29, 1.82) is 0 Å². The number of nitrogens with zero attached hydrogens (tertiary/aromatic N) is 1. The third kappa shape index (κ3) is 1.89. The first-order valence-corrected chi connectivity index (χ1v) is 6.58. The summed E-state index contributed by atoms with van der Waals surface area (Å²) in [5.41, 5.74) is 0.589. The minimum absolute atomic E-state index is 0.167. The predicted molar refractivity (Wildman–Crippen MR) is 75.3 cm³/mol. The van der Waals surface area contributed by atoms with Gasteiger partial charge in [0.1, 0.15) is 5.76 Å². The van der Waals surface area contributed by atoms with Gasteiger partial charge < -0.3 is 4.74 Å². The summed E-state index contributed by atoms with van der Waals surface area (Å²) in [7, 11) is 2.92. The van der Waals surface area contributed by atoms with E-state index in [0.717, 1.165) is 5.56 Å². The molecular weight excluding hydrogens is 270 g/mol. The molecule has 21 heavy (non-hydrogen) atoms. The summed E-state index contributed by atoms with van der Waals surface area (Å²) < 4.78 is 5.37. The number of benzene rings is 1. The number of amides is 1. The van der Waals surface area contributed by atoms with Crippen LogP contribution in [-0.2, 0) is 20.8 Å². The fraction of sp³-hybridized carbons (Fsp3) is 0.250. The van der Waals surface area contributed by atoms with E-state index < -0.39 is 5.54 Å². The van der Waals surface area contributed by atoms with Crippen LogP contribution in [0.15, 0.2) is 48.3 Å². The van der Waals surface area contributed by atoms with Crippen LogP contribution in [0.4, 0.5) is 0 Å². The number of hydrogen-bond acceptors (Lipinski definition) is 4. The number of rotatable bonds is 2. The van der Waals surface area contributed by atoms with Crippen LogP contribution in [-0.4, -0.2) is 36.5 Å². The minimum atomic E-state index is -0.914. The zero-order valence-electron chi connectivity index (χ0n) is 11.8. The Bertz CT molecular complexity index is 677. The molecule has 3 rings (SSSR count). The summed E-state index contributed by atoms with van der Waals surface area (Å²) in [6.45, 7) is 0. The van der Waals surface area contributed by atoms with E-state index >= 15 is 0 Å². The first kappa shape index (κ1) is 13.6. The van der Waals surface area contributed by atoms with Crippen molar-refractivity contribution < 1.29 is 19.2 Å². The van der Waals surface area contributed by atoms with Gasteiger partial charge in [0, 0.05) is 18.1 Å². The molecule has 0 aromatic heterocycles. The summed E-state index contributed by atoms with van der Waals surface area (Å²) in [4.78, 5) is 29.6. The first-order valence-electron chi connectivity index (χ1n) is 6.58. The Morgan fingerprint density at radius 1 is 1.19 bits per heavy atom. The molecule has 5 nitrogen and oxygen atoms in total. The number of fused-ring (bicyclic) bond motifs is 1. The molecule has 108 valence electrons. The smallest absolute Gasteiger partial charge is 0.278 e. The number of allylic oxidation sites excluding steroid dienone is 2. The lowest BCUT2D eigenvalue weighted by Crippen LogP contribution is -2.57. The van der Waals surface area contributed by atoms with Crippen molar-refractivity contribution >= 4 is 11.7 Å². The molecule has 1 amide bonds. The van der Waals surface area contributed by atoms with Crippen LogP contribution >= 0.6 is 0 Å². The normalized spacial score (nSPS) is 24.1. The lowest BCUT2D eigenvalue weighted by Gasteiger charge is -2.44. The van der Waals surface area contributed by atoms with E-state index in [0.29, 0.717) is 17.7 Å². The quantitative estimate of drug-likeness (QED) is 0.829. The Morgan fingerprint density at radius 2 is 1.95 bits per heavy atom. The van der Waals surface area contributed by atoms with Gasteiger partial charge in [0.25, 0.3) is 5.91 Å². The van der Waals surface area contributed by atoms with E-state index in [1.165, 1.54) is 31.4 Å². The summed E-state index contributed by atoms with van der Waals surface area (Å²) in [5, 5.41) is 1.27. The second-order valence-electron chi connectivity index (χ2n) is 4.99. The average Bonchev–Trinajstić information content (AvgIpc) is 2.50. The van der Waals surface area contributed by atoms with E-state index in [1.54, 1.807) is 12.1 Å². The standard InChI is InChI=1S/C16H15NO4/c1-20-14-9-12(18)7-8-16(14)10-11-5-3-4-6-13(11)15(19)17(16)21-2/h3-9H,10H2,1-2H3. The van der Waals surface area contributed by atoms with E-state index in [1.807, 2.05) is 18.2 Å². The highest BCUT2D eigenvalue weighted by Crippen LogP contribution is 2.39. The molecule has 1 atom stereocenters. The van der Waals surface area contributed by atoms with Gasteiger partial charge >= 0.3 is 0 Å². The molecule has 2 aliphatic rings. The molecule has 1 spiro atoms. The molecule has 0 N–H and O–H groups in total. The fourth-order valence-electron chi connectivity index (χ4n) is 2.94. The Labute approximate surface area is 122 Å². The third-order valence-corrected chi connectivity index (χ3v) is 3.88. The molecule has 0 saturated heterocycles. The molecule has 1 aliphatic heterocycles. The highest BCUT2D eigenvalue weighted by molar-refractivity contribution is 6.03. The maximum absolute atomic E-state index is 12.7. The van der Waals surface area contributed by atoms with Gasteiger partial charge in [0.05, 0.1) is 14.2 Å². The second kappa shape index (κ2) is 4.86. The monoisotopic (exact) mass is 285 g/mol. The van der Waals surface area contributed by atoms with Crippen molar-refractivity contribution in [3.05, 3.63) is 59.4 Å². The lowest BCUT2D eigenvalue weighted by atomic mass is 9.79. The highest BCUT2D eigenvalue weighted by atomic mass is 16.7. The number of carbonyl (C=O) groups excluding carboxylic acids is 2. The molecule has 0 saturated carbocycles. The third-order valence-electron chi connectivity index (χ3n) is 3.88. The summed E-state index contributed by atoms with van der Waals surface area (Å²) in [5.74, 6) is -0.0131. The number of hydrogen-bond donors (Lipinski definition) is 0. The molecule has 1 aromatic rings. The number of methoxy groups -OCH3 is 1. The van der Waals surface area contributed by atoms with Gasteiger partial charge in [0.15, 0.2) is 11.3 Å². The van der Waals surface area contributed by atoms with Crippen LogP contribution in [0.25, 0.3) is 0 Å². The van der Waals surface area contributed by atoms with Gasteiger partial charge in [-0.15, -0.1) is 0 Å². The topological polar surface area (TPSA) is 55.8 Å². The van der Waals surface area contributed by atoms with Crippen LogP contribution in [0.3, 0.4) is 0 Å². The Morgan fingerprint density at radius 3 is 2.67 bits per heavy atom. The molecule has 1 aliphatic carbocycles. The van der Waals surface area contributed by atoms with Crippen LogP contribution in [0.2, 0.25) is 0 Å². The number of hydroxylamine groups is 2. The summed E-state index contributed by atoms with van der Waals surface area (Å²) in [6, 6.07) is 7.37. The molecule has 0 radical (unpaired) electrons. The largest absolute Gasteiger partial charge is 0.498 e. The van der Waals surface area contributed by atoms with Crippen molar-refractivity contribution in [3.8, 4) is 0 Å². The van der Waals surface area contributed by atoms with E-state index in [-0.39, 0.29) is 11.7 Å². The maximum atomic E-state index is 12.7. The van der Waals surface area contributed by atoms with Crippen molar-refractivity contribution in [1.82, 2.24) is 5.06 Å². The van der Waals surface area contributed by atoms with Crippen LogP contribution in [0, 0.1) is 0 Å². The van der Waals surface area contributed by atoms with Gasteiger partial charge in [-0.1, -0.05) is 18.2 Å². The molecule has 1 unspecified atom stereocenters. The van der Waals surface area contributed by atoms with E-state index in [9.17, 15) is 9.59 Å². The zero-order chi connectivity index (χ0) is 15.0. The van der Waals surface area contributed by atoms with Gasteiger partial charge in [-0.2, -0.15) is 5.06 Å². The number of ketones is 1. The molecular formula is C16H15NO4. The highest BCUT2D eigenvalue weighted by Gasteiger charge is 2.49. The number of carbonyl (C=O) groups is 2. The minimum Gasteiger partial charge on any atom is -0.498 e. The first-order chi connectivity index (χ1) is 10.1. The molecule has 1 heterocycles. The molecule has 0 fully saturated rings.